The molecule has 2 N–H and O–H groups in total. The van der Waals surface area contributed by atoms with Crippen LogP contribution in [0.1, 0.15) is 31.6 Å². The molecule has 1 aromatic heterocycles. The summed E-state index contributed by atoms with van der Waals surface area (Å²) < 4.78 is 13.1. The van der Waals surface area contributed by atoms with Crippen LogP contribution in [0.4, 0.5) is 4.39 Å². The van der Waals surface area contributed by atoms with Crippen molar-refractivity contribution in [3.05, 3.63) is 29.8 Å². The molecule has 2 aromatic rings. The van der Waals surface area contributed by atoms with Crippen LogP contribution >= 0.6 is 0 Å². The zero-order valence-electron chi connectivity index (χ0n) is 9.83. The molecule has 3 nitrogen and oxygen atoms in total. The van der Waals surface area contributed by atoms with E-state index >= 15 is 0 Å². The van der Waals surface area contributed by atoms with Crippen molar-refractivity contribution in [1.82, 2.24) is 15.3 Å². The molecule has 0 aliphatic carbocycles. The van der Waals surface area contributed by atoms with Gasteiger partial charge in [-0.25, -0.2) is 9.37 Å². The number of nitrogens with zero attached hydrogens (tertiary/aromatic N) is 1. The second kappa shape index (κ2) is 4.11. The van der Waals surface area contributed by atoms with E-state index in [1.807, 2.05) is 0 Å². The van der Waals surface area contributed by atoms with Crippen molar-refractivity contribution in [1.29, 1.82) is 0 Å². The third kappa shape index (κ3) is 1.93. The highest BCUT2D eigenvalue weighted by Gasteiger charge is 2.24. The topological polar surface area (TPSA) is 40.7 Å². The van der Waals surface area contributed by atoms with Gasteiger partial charge in [-0.15, -0.1) is 0 Å². The Morgan fingerprint density at radius 2 is 2.29 bits per heavy atom. The molecular weight excluding hydrogens is 217 g/mol. The average Bonchev–Trinajstić information content (AvgIpc) is 2.72. The van der Waals surface area contributed by atoms with Crippen LogP contribution in [-0.2, 0) is 0 Å². The van der Waals surface area contributed by atoms with E-state index in [9.17, 15) is 4.39 Å². The molecule has 4 heteroatoms. The summed E-state index contributed by atoms with van der Waals surface area (Å²) in [5, 5.41) is 3.47. The van der Waals surface area contributed by atoms with Crippen LogP contribution in [0.15, 0.2) is 18.2 Å². The summed E-state index contributed by atoms with van der Waals surface area (Å²) in [4.78, 5) is 7.77. The van der Waals surface area contributed by atoms with Crippen molar-refractivity contribution in [2.24, 2.45) is 5.92 Å². The number of aromatic nitrogens is 2. The first kappa shape index (κ1) is 10.7. The molecule has 1 aliphatic heterocycles. The van der Waals surface area contributed by atoms with Crippen LogP contribution in [-0.4, -0.2) is 16.5 Å². The molecule has 1 aliphatic rings. The number of benzene rings is 1. The highest BCUT2D eigenvalue weighted by Crippen LogP contribution is 2.28. The quantitative estimate of drug-likeness (QED) is 0.795. The van der Waals surface area contributed by atoms with Gasteiger partial charge >= 0.3 is 0 Å². The van der Waals surface area contributed by atoms with Crippen LogP contribution in [0, 0.1) is 11.7 Å². The lowest BCUT2D eigenvalue weighted by Gasteiger charge is -2.28. The fraction of sp³-hybridized carbons (Fsp3) is 0.462. The molecule has 0 amide bonds. The van der Waals surface area contributed by atoms with Gasteiger partial charge in [-0.2, -0.15) is 0 Å². The Bertz CT molecular complexity index is 534. The molecule has 1 fully saturated rings. The number of rotatable bonds is 1. The van der Waals surface area contributed by atoms with Gasteiger partial charge in [0.05, 0.1) is 17.1 Å². The summed E-state index contributed by atoms with van der Waals surface area (Å²) >= 11 is 0. The molecule has 0 saturated carbocycles. The van der Waals surface area contributed by atoms with Crippen molar-refractivity contribution in [3.8, 4) is 0 Å². The van der Waals surface area contributed by atoms with Crippen molar-refractivity contribution >= 4 is 11.0 Å². The number of hydrogen-bond donors (Lipinski definition) is 2. The van der Waals surface area contributed by atoms with Gasteiger partial charge in [0.1, 0.15) is 11.6 Å². The van der Waals surface area contributed by atoms with Crippen molar-refractivity contribution in [3.63, 3.8) is 0 Å². The van der Waals surface area contributed by atoms with Crippen LogP contribution < -0.4 is 5.32 Å². The van der Waals surface area contributed by atoms with Gasteiger partial charge in [-0.3, -0.25) is 0 Å². The van der Waals surface area contributed by atoms with Crippen LogP contribution in [0.5, 0.6) is 0 Å². The fourth-order valence-electron chi connectivity index (χ4n) is 2.56. The number of halogens is 1. The highest BCUT2D eigenvalue weighted by molar-refractivity contribution is 5.75. The smallest absolute Gasteiger partial charge is 0.125 e. The molecule has 0 spiro atoms. The van der Waals surface area contributed by atoms with E-state index in [0.29, 0.717) is 5.92 Å². The summed E-state index contributed by atoms with van der Waals surface area (Å²) in [6.45, 7) is 3.25. The Morgan fingerprint density at radius 1 is 1.41 bits per heavy atom. The van der Waals surface area contributed by atoms with Gasteiger partial charge in [-0.1, -0.05) is 6.92 Å². The molecule has 2 heterocycles. The van der Waals surface area contributed by atoms with E-state index in [1.54, 1.807) is 6.07 Å². The van der Waals surface area contributed by atoms with E-state index in [2.05, 4.69) is 22.2 Å². The summed E-state index contributed by atoms with van der Waals surface area (Å²) in [6, 6.07) is 4.93. The van der Waals surface area contributed by atoms with Crippen molar-refractivity contribution in [2.75, 3.05) is 6.54 Å². The minimum atomic E-state index is -0.225. The number of fused-ring (bicyclic) bond motifs is 1. The average molecular weight is 233 g/mol. The monoisotopic (exact) mass is 233 g/mol. The standard InChI is InChI=1S/C13H16FN3/c1-8-3-2-6-15-12(8)13-16-10-5-4-9(14)7-11(10)17-13/h4-5,7-8,12,15H,2-3,6H2,1H3,(H,16,17). The molecule has 17 heavy (non-hydrogen) atoms. The number of imidazole rings is 1. The molecule has 2 unspecified atom stereocenters. The van der Waals surface area contributed by atoms with E-state index < -0.39 is 0 Å². The zero-order chi connectivity index (χ0) is 11.8. The Labute approximate surface area is 99.4 Å². The number of aromatic amines is 1. The lowest BCUT2D eigenvalue weighted by Crippen LogP contribution is -2.33. The SMILES string of the molecule is CC1CCCNC1c1nc2ccc(F)cc2[nH]1. The van der Waals surface area contributed by atoms with E-state index in [4.69, 9.17) is 0 Å². The van der Waals surface area contributed by atoms with Gasteiger partial charge in [0.25, 0.3) is 0 Å². The van der Waals surface area contributed by atoms with Crippen LogP contribution in [0.2, 0.25) is 0 Å². The van der Waals surface area contributed by atoms with Crippen molar-refractivity contribution in [2.45, 2.75) is 25.8 Å². The maximum Gasteiger partial charge on any atom is 0.125 e. The fourth-order valence-corrected chi connectivity index (χ4v) is 2.56. The third-order valence-electron chi connectivity index (χ3n) is 3.53. The molecule has 1 aromatic carbocycles. The minimum absolute atomic E-state index is 0.225. The highest BCUT2D eigenvalue weighted by atomic mass is 19.1. The normalized spacial score (nSPS) is 25.3. The number of H-pyrrole nitrogens is 1. The van der Waals surface area contributed by atoms with E-state index in [0.717, 1.165) is 23.4 Å². The molecule has 3 rings (SSSR count). The van der Waals surface area contributed by atoms with Gasteiger partial charge in [-0.05, 0) is 43.5 Å². The molecule has 2 atom stereocenters. The first-order chi connectivity index (χ1) is 8.24. The first-order valence-corrected chi connectivity index (χ1v) is 6.12. The number of piperidine rings is 1. The van der Waals surface area contributed by atoms with Crippen LogP contribution in [0.3, 0.4) is 0 Å². The zero-order valence-corrected chi connectivity index (χ0v) is 9.83. The summed E-state index contributed by atoms with van der Waals surface area (Å²) in [5.41, 5.74) is 1.61. The van der Waals surface area contributed by atoms with Crippen LogP contribution in [0.25, 0.3) is 11.0 Å². The van der Waals surface area contributed by atoms with Gasteiger partial charge < -0.3 is 10.3 Å². The Balaban J connectivity index is 1.99. The largest absolute Gasteiger partial charge is 0.341 e. The Kier molecular flexibility index (Phi) is 2.59. The minimum Gasteiger partial charge on any atom is -0.341 e. The van der Waals surface area contributed by atoms with E-state index in [1.165, 1.54) is 25.0 Å². The summed E-state index contributed by atoms with van der Waals surface area (Å²) in [6.07, 6.45) is 2.43. The van der Waals surface area contributed by atoms with Gasteiger partial charge in [0.2, 0.25) is 0 Å². The molecule has 0 bridgehead atoms. The maximum atomic E-state index is 13.1. The number of nitrogens with one attached hydrogen (secondary N) is 2. The summed E-state index contributed by atoms with van der Waals surface area (Å²) in [7, 11) is 0. The Hall–Kier alpha value is -1.42. The second-order valence-corrected chi connectivity index (χ2v) is 4.83. The van der Waals surface area contributed by atoms with Crippen molar-refractivity contribution < 1.29 is 4.39 Å². The third-order valence-corrected chi connectivity index (χ3v) is 3.53. The first-order valence-electron chi connectivity index (χ1n) is 6.12. The molecular formula is C13H16FN3. The van der Waals surface area contributed by atoms with Gasteiger partial charge in [0.15, 0.2) is 0 Å². The number of hydrogen-bond acceptors (Lipinski definition) is 2. The maximum absolute atomic E-state index is 13.1. The predicted octanol–water partition coefficient (Wildman–Crippen LogP) is 2.76. The Morgan fingerprint density at radius 3 is 3.12 bits per heavy atom. The molecule has 0 radical (unpaired) electrons. The summed E-state index contributed by atoms with van der Waals surface area (Å²) in [5.74, 6) is 1.27. The lowest BCUT2D eigenvalue weighted by atomic mass is 9.92. The van der Waals surface area contributed by atoms with E-state index in [-0.39, 0.29) is 11.9 Å². The predicted molar refractivity (Wildman–Crippen MR) is 65.2 cm³/mol. The van der Waals surface area contributed by atoms with Gasteiger partial charge in [0, 0.05) is 0 Å². The molecule has 90 valence electrons. The lowest BCUT2D eigenvalue weighted by molar-refractivity contribution is 0.296. The second-order valence-electron chi connectivity index (χ2n) is 4.83. The molecule has 1 saturated heterocycles.